The third-order valence-electron chi connectivity index (χ3n) is 5.51. The molecule has 0 aromatic rings. The molecule has 0 aromatic carbocycles. The van der Waals surface area contributed by atoms with Crippen LogP contribution in [0.25, 0.3) is 0 Å². The molecule has 4 nitrogen and oxygen atoms in total. The molecule has 0 spiro atoms. The van der Waals surface area contributed by atoms with Crippen LogP contribution in [-0.4, -0.2) is 49.7 Å². The highest BCUT2D eigenvalue weighted by molar-refractivity contribution is 5.93. The number of carbonyl (C=O) groups excluding carboxylic acids is 1. The Kier molecular flexibility index (Phi) is 15.4. The minimum absolute atomic E-state index is 0.0679. The zero-order valence-electron chi connectivity index (χ0n) is 18.2. The molecule has 0 fully saturated rings. The molecule has 0 radical (unpaired) electrons. The first kappa shape index (κ1) is 24.1. The van der Waals surface area contributed by atoms with Gasteiger partial charge in [-0.25, -0.2) is 0 Å². The summed E-state index contributed by atoms with van der Waals surface area (Å²) in [4.78, 5) is 18.6. The Morgan fingerprint density at radius 2 is 1.56 bits per heavy atom. The molecule has 1 amide bonds. The number of hydrogen-bond donors (Lipinski definition) is 1. The van der Waals surface area contributed by atoms with Gasteiger partial charge in [0.2, 0.25) is 5.91 Å². The molecule has 1 heterocycles. The summed E-state index contributed by atoms with van der Waals surface area (Å²) in [5.41, 5.74) is 0. The van der Waals surface area contributed by atoms with Gasteiger partial charge in [-0.3, -0.25) is 9.79 Å². The molecule has 1 rings (SSSR count). The van der Waals surface area contributed by atoms with E-state index >= 15 is 0 Å². The first-order chi connectivity index (χ1) is 13.3. The maximum absolute atomic E-state index is 12.3. The third kappa shape index (κ3) is 13.0. The van der Waals surface area contributed by atoms with E-state index in [1.165, 1.54) is 77.0 Å². The second kappa shape index (κ2) is 17.2. The fraction of sp³-hybridized carbons (Fsp3) is 0.913. The first-order valence-corrected chi connectivity index (χ1v) is 11.7. The van der Waals surface area contributed by atoms with Crippen LogP contribution in [0.15, 0.2) is 4.99 Å². The Morgan fingerprint density at radius 3 is 2.19 bits per heavy atom. The molecule has 0 aliphatic carbocycles. The van der Waals surface area contributed by atoms with Crippen LogP contribution < -0.4 is 5.32 Å². The summed E-state index contributed by atoms with van der Waals surface area (Å²) in [6.07, 6.45) is 19.5. The van der Waals surface area contributed by atoms with E-state index in [1.807, 2.05) is 18.0 Å². The fourth-order valence-corrected chi connectivity index (χ4v) is 3.70. The summed E-state index contributed by atoms with van der Waals surface area (Å²) in [6.45, 7) is 8.74. The number of carbonyl (C=O) groups is 1. The SMILES string of the molecule is CCCCCCCCCCCCCCNCCN1CCC/N=C\C(C)C1=O. The second-order valence-electron chi connectivity index (χ2n) is 8.16. The van der Waals surface area contributed by atoms with E-state index in [0.717, 1.165) is 39.1 Å². The van der Waals surface area contributed by atoms with Gasteiger partial charge in [0, 0.05) is 32.4 Å². The molecule has 0 saturated carbocycles. The quantitative estimate of drug-likeness (QED) is 0.374. The Labute approximate surface area is 168 Å². The van der Waals surface area contributed by atoms with Crippen molar-refractivity contribution in [3.05, 3.63) is 0 Å². The van der Waals surface area contributed by atoms with Gasteiger partial charge < -0.3 is 10.2 Å². The molecule has 1 N–H and O–H groups in total. The number of amides is 1. The lowest BCUT2D eigenvalue weighted by Crippen LogP contribution is -2.41. The van der Waals surface area contributed by atoms with E-state index in [-0.39, 0.29) is 11.8 Å². The van der Waals surface area contributed by atoms with Crippen LogP contribution in [-0.2, 0) is 4.79 Å². The van der Waals surface area contributed by atoms with Crippen molar-refractivity contribution in [1.82, 2.24) is 10.2 Å². The monoisotopic (exact) mass is 379 g/mol. The number of nitrogens with zero attached hydrogens (tertiary/aromatic N) is 2. The predicted octanol–water partition coefficient (Wildman–Crippen LogP) is 5.22. The molecule has 1 aliphatic rings. The van der Waals surface area contributed by atoms with E-state index in [0.29, 0.717) is 0 Å². The van der Waals surface area contributed by atoms with Crippen molar-refractivity contribution in [2.45, 2.75) is 97.3 Å². The molecule has 4 heteroatoms. The highest BCUT2D eigenvalue weighted by Crippen LogP contribution is 2.11. The van der Waals surface area contributed by atoms with Crippen LogP contribution >= 0.6 is 0 Å². The Hall–Kier alpha value is -0.900. The number of rotatable bonds is 16. The minimum atomic E-state index is -0.0679. The molecular formula is C23H45N3O. The summed E-state index contributed by atoms with van der Waals surface area (Å²) >= 11 is 0. The number of unbranched alkanes of at least 4 members (excludes halogenated alkanes) is 11. The Morgan fingerprint density at radius 1 is 0.963 bits per heavy atom. The van der Waals surface area contributed by atoms with Crippen LogP contribution in [0.1, 0.15) is 97.3 Å². The van der Waals surface area contributed by atoms with Crippen molar-refractivity contribution in [1.29, 1.82) is 0 Å². The van der Waals surface area contributed by atoms with Gasteiger partial charge in [-0.15, -0.1) is 0 Å². The van der Waals surface area contributed by atoms with Crippen molar-refractivity contribution < 1.29 is 4.79 Å². The molecule has 0 saturated heterocycles. The highest BCUT2D eigenvalue weighted by atomic mass is 16.2. The van der Waals surface area contributed by atoms with Gasteiger partial charge in [0.15, 0.2) is 0 Å². The predicted molar refractivity (Wildman–Crippen MR) is 118 cm³/mol. The molecular weight excluding hydrogens is 334 g/mol. The normalized spacial score (nSPS) is 19.1. The topological polar surface area (TPSA) is 44.7 Å². The van der Waals surface area contributed by atoms with Crippen molar-refractivity contribution in [2.24, 2.45) is 10.9 Å². The smallest absolute Gasteiger partial charge is 0.230 e. The van der Waals surface area contributed by atoms with Crippen LogP contribution in [0.2, 0.25) is 0 Å². The van der Waals surface area contributed by atoms with E-state index in [4.69, 9.17) is 0 Å². The Bertz CT molecular complexity index is 384. The van der Waals surface area contributed by atoms with Gasteiger partial charge in [0.1, 0.15) is 0 Å². The van der Waals surface area contributed by atoms with Crippen LogP contribution in [0.3, 0.4) is 0 Å². The maximum Gasteiger partial charge on any atom is 0.230 e. The lowest BCUT2D eigenvalue weighted by molar-refractivity contribution is -0.132. The lowest BCUT2D eigenvalue weighted by Gasteiger charge is -2.26. The number of aliphatic imine (C=N–C) groups is 1. The molecule has 1 unspecified atom stereocenters. The second-order valence-corrected chi connectivity index (χ2v) is 8.16. The highest BCUT2D eigenvalue weighted by Gasteiger charge is 2.19. The van der Waals surface area contributed by atoms with E-state index in [9.17, 15) is 4.79 Å². The van der Waals surface area contributed by atoms with Crippen LogP contribution in [0, 0.1) is 5.92 Å². The maximum atomic E-state index is 12.3. The van der Waals surface area contributed by atoms with Crippen molar-refractivity contribution in [2.75, 3.05) is 32.7 Å². The van der Waals surface area contributed by atoms with Crippen LogP contribution in [0.5, 0.6) is 0 Å². The summed E-state index contributed by atoms with van der Waals surface area (Å²) in [6, 6.07) is 0. The average Bonchev–Trinajstić information content (AvgIpc) is 2.67. The van der Waals surface area contributed by atoms with Gasteiger partial charge in [-0.1, -0.05) is 77.6 Å². The summed E-state index contributed by atoms with van der Waals surface area (Å²) < 4.78 is 0. The van der Waals surface area contributed by atoms with Crippen molar-refractivity contribution in [3.8, 4) is 0 Å². The van der Waals surface area contributed by atoms with Gasteiger partial charge >= 0.3 is 0 Å². The molecule has 0 aromatic heterocycles. The van der Waals surface area contributed by atoms with Gasteiger partial charge in [0.25, 0.3) is 0 Å². The molecule has 27 heavy (non-hydrogen) atoms. The third-order valence-corrected chi connectivity index (χ3v) is 5.51. The minimum Gasteiger partial charge on any atom is -0.341 e. The van der Waals surface area contributed by atoms with Gasteiger partial charge in [-0.2, -0.15) is 0 Å². The largest absolute Gasteiger partial charge is 0.341 e. The Balaban J connectivity index is 1.86. The average molecular weight is 380 g/mol. The first-order valence-electron chi connectivity index (χ1n) is 11.7. The fourth-order valence-electron chi connectivity index (χ4n) is 3.70. The standard InChI is InChI=1S/C23H45N3O/c1-3-4-5-6-7-8-9-10-11-12-13-14-16-24-18-20-26-19-15-17-25-21-22(2)23(26)27/h21-22,24H,3-20H2,1-2H3/b25-21-. The molecule has 1 aliphatic heterocycles. The molecule has 0 bridgehead atoms. The van der Waals surface area contributed by atoms with Crippen LogP contribution in [0.4, 0.5) is 0 Å². The zero-order chi connectivity index (χ0) is 19.6. The molecule has 1 atom stereocenters. The van der Waals surface area contributed by atoms with E-state index in [2.05, 4.69) is 17.2 Å². The summed E-state index contributed by atoms with van der Waals surface area (Å²) in [5, 5.41) is 3.51. The number of nitrogens with one attached hydrogen (secondary N) is 1. The van der Waals surface area contributed by atoms with Gasteiger partial charge in [-0.05, 0) is 26.3 Å². The van der Waals surface area contributed by atoms with E-state index < -0.39 is 0 Å². The lowest BCUT2D eigenvalue weighted by atomic mass is 10.1. The molecule has 158 valence electrons. The van der Waals surface area contributed by atoms with Crippen molar-refractivity contribution >= 4 is 12.1 Å². The van der Waals surface area contributed by atoms with Crippen molar-refractivity contribution in [3.63, 3.8) is 0 Å². The number of hydrogen-bond acceptors (Lipinski definition) is 3. The zero-order valence-corrected chi connectivity index (χ0v) is 18.2. The van der Waals surface area contributed by atoms with Gasteiger partial charge in [0.05, 0.1) is 5.92 Å². The summed E-state index contributed by atoms with van der Waals surface area (Å²) in [5.74, 6) is 0.159. The summed E-state index contributed by atoms with van der Waals surface area (Å²) in [7, 11) is 0. The van der Waals surface area contributed by atoms with E-state index in [1.54, 1.807) is 0 Å².